The Morgan fingerprint density at radius 2 is 2.06 bits per heavy atom. The first kappa shape index (κ1) is 11.6. The number of nitrogen functional groups attached to an aromatic ring is 1. The van der Waals surface area contributed by atoms with E-state index in [0.29, 0.717) is 30.2 Å². The fraction of sp³-hybridized carbons (Fsp3) is 0.250. The van der Waals surface area contributed by atoms with E-state index in [9.17, 15) is 4.39 Å². The van der Waals surface area contributed by atoms with Gasteiger partial charge in [-0.3, -0.25) is 0 Å². The van der Waals surface area contributed by atoms with Gasteiger partial charge in [0.2, 0.25) is 0 Å². The Kier molecular flexibility index (Phi) is 3.39. The number of rotatable bonds is 4. The van der Waals surface area contributed by atoms with Crippen molar-refractivity contribution < 1.29 is 13.7 Å². The number of nitrogens with zero attached hydrogens (tertiary/aromatic N) is 1. The van der Waals surface area contributed by atoms with Gasteiger partial charge >= 0.3 is 0 Å². The summed E-state index contributed by atoms with van der Waals surface area (Å²) < 4.78 is 23.0. The second kappa shape index (κ2) is 4.97. The summed E-state index contributed by atoms with van der Waals surface area (Å²) in [7, 11) is 1.61. The van der Waals surface area contributed by atoms with Gasteiger partial charge in [0.05, 0.1) is 12.2 Å². The van der Waals surface area contributed by atoms with Crippen LogP contribution >= 0.6 is 0 Å². The molecule has 0 unspecified atom stereocenters. The fourth-order valence-electron chi connectivity index (χ4n) is 1.63. The molecule has 2 rings (SSSR count). The molecule has 2 aromatic rings. The Morgan fingerprint density at radius 3 is 2.71 bits per heavy atom. The Labute approximate surface area is 98.2 Å². The minimum Gasteiger partial charge on any atom is -0.384 e. The van der Waals surface area contributed by atoms with Crippen LogP contribution in [0, 0.1) is 5.82 Å². The van der Waals surface area contributed by atoms with Gasteiger partial charge in [0, 0.05) is 13.5 Å². The number of halogens is 1. The van der Waals surface area contributed by atoms with Crippen LogP contribution in [0.25, 0.3) is 11.1 Å². The minimum absolute atomic E-state index is 0.290. The first-order chi connectivity index (χ1) is 8.22. The monoisotopic (exact) mass is 236 g/mol. The maximum atomic E-state index is 12.8. The van der Waals surface area contributed by atoms with Gasteiger partial charge in [0.25, 0.3) is 0 Å². The Hall–Kier alpha value is -1.88. The van der Waals surface area contributed by atoms with Crippen LogP contribution in [0.5, 0.6) is 0 Å². The molecule has 0 spiro atoms. The standard InChI is InChI=1S/C12H13FN2O2/c1-16-7-6-10-11(12(14)15-17-10)8-2-4-9(13)5-3-8/h2-5H,6-7H2,1H3,(H2,14,15). The third kappa shape index (κ3) is 2.45. The third-order valence-electron chi connectivity index (χ3n) is 2.46. The highest BCUT2D eigenvalue weighted by atomic mass is 19.1. The van der Waals surface area contributed by atoms with Gasteiger partial charge in [0.1, 0.15) is 11.6 Å². The average Bonchev–Trinajstić information content (AvgIpc) is 2.69. The minimum atomic E-state index is -0.290. The van der Waals surface area contributed by atoms with Crippen molar-refractivity contribution in [1.82, 2.24) is 5.16 Å². The van der Waals surface area contributed by atoms with E-state index in [0.717, 1.165) is 5.56 Å². The number of ether oxygens (including phenoxy) is 1. The zero-order valence-electron chi connectivity index (χ0n) is 9.44. The smallest absolute Gasteiger partial charge is 0.175 e. The van der Waals surface area contributed by atoms with Crippen LogP contribution in [0.4, 0.5) is 10.2 Å². The molecular formula is C12H13FN2O2. The highest BCUT2D eigenvalue weighted by molar-refractivity contribution is 5.75. The van der Waals surface area contributed by atoms with Gasteiger partial charge in [-0.2, -0.15) is 0 Å². The lowest BCUT2D eigenvalue weighted by atomic mass is 10.0. The van der Waals surface area contributed by atoms with E-state index in [4.69, 9.17) is 15.0 Å². The van der Waals surface area contributed by atoms with Crippen LogP contribution in [0.3, 0.4) is 0 Å². The highest BCUT2D eigenvalue weighted by Gasteiger charge is 2.15. The second-order valence-electron chi connectivity index (χ2n) is 3.62. The summed E-state index contributed by atoms with van der Waals surface area (Å²) >= 11 is 0. The summed E-state index contributed by atoms with van der Waals surface area (Å²) in [5, 5.41) is 3.72. The number of nitrogens with two attached hydrogens (primary N) is 1. The predicted molar refractivity (Wildman–Crippen MR) is 61.9 cm³/mol. The van der Waals surface area contributed by atoms with E-state index in [1.54, 1.807) is 19.2 Å². The van der Waals surface area contributed by atoms with Crippen molar-refractivity contribution in [3.8, 4) is 11.1 Å². The average molecular weight is 236 g/mol. The van der Waals surface area contributed by atoms with Gasteiger partial charge in [-0.25, -0.2) is 4.39 Å². The zero-order valence-corrected chi connectivity index (χ0v) is 9.44. The topological polar surface area (TPSA) is 61.3 Å². The molecule has 0 saturated carbocycles. The predicted octanol–water partition coefficient (Wildman–Crippen LogP) is 2.25. The molecule has 2 N–H and O–H groups in total. The molecular weight excluding hydrogens is 223 g/mol. The molecule has 0 aliphatic heterocycles. The Morgan fingerprint density at radius 1 is 1.35 bits per heavy atom. The van der Waals surface area contributed by atoms with Gasteiger partial charge in [-0.1, -0.05) is 17.3 Å². The van der Waals surface area contributed by atoms with Crippen molar-refractivity contribution in [1.29, 1.82) is 0 Å². The first-order valence-electron chi connectivity index (χ1n) is 5.21. The van der Waals surface area contributed by atoms with Crippen LogP contribution in [0.1, 0.15) is 5.76 Å². The molecule has 0 aliphatic rings. The number of aromatic nitrogens is 1. The summed E-state index contributed by atoms with van der Waals surface area (Å²) in [4.78, 5) is 0. The maximum absolute atomic E-state index is 12.8. The van der Waals surface area contributed by atoms with Crippen LogP contribution in [-0.4, -0.2) is 18.9 Å². The molecule has 4 nitrogen and oxygen atoms in total. The lowest BCUT2D eigenvalue weighted by molar-refractivity contribution is 0.193. The van der Waals surface area contributed by atoms with Crippen molar-refractivity contribution >= 4 is 5.82 Å². The van der Waals surface area contributed by atoms with Crippen molar-refractivity contribution in [2.75, 3.05) is 19.5 Å². The van der Waals surface area contributed by atoms with Gasteiger partial charge in [0.15, 0.2) is 5.82 Å². The molecule has 0 bridgehead atoms. The molecule has 0 radical (unpaired) electrons. The van der Waals surface area contributed by atoms with E-state index < -0.39 is 0 Å². The summed E-state index contributed by atoms with van der Waals surface area (Å²) in [5.41, 5.74) is 7.24. The molecule has 0 atom stereocenters. The highest BCUT2D eigenvalue weighted by Crippen LogP contribution is 2.29. The van der Waals surface area contributed by atoms with Crippen molar-refractivity contribution in [3.63, 3.8) is 0 Å². The quantitative estimate of drug-likeness (QED) is 0.884. The molecule has 1 heterocycles. The van der Waals surface area contributed by atoms with Crippen LogP contribution in [0.15, 0.2) is 28.8 Å². The van der Waals surface area contributed by atoms with Crippen LogP contribution in [0.2, 0.25) is 0 Å². The summed E-state index contributed by atoms with van der Waals surface area (Å²) in [6.07, 6.45) is 0.577. The molecule has 0 saturated heterocycles. The maximum Gasteiger partial charge on any atom is 0.175 e. The van der Waals surface area contributed by atoms with Crippen molar-refractivity contribution in [3.05, 3.63) is 35.8 Å². The molecule has 1 aromatic carbocycles. The van der Waals surface area contributed by atoms with Crippen molar-refractivity contribution in [2.45, 2.75) is 6.42 Å². The normalized spacial score (nSPS) is 10.7. The van der Waals surface area contributed by atoms with E-state index in [1.807, 2.05) is 0 Å². The SMILES string of the molecule is COCCc1onc(N)c1-c1ccc(F)cc1. The van der Waals surface area contributed by atoms with Crippen LogP contribution < -0.4 is 5.73 Å². The van der Waals surface area contributed by atoms with Crippen LogP contribution in [-0.2, 0) is 11.2 Å². The van der Waals surface area contributed by atoms with E-state index in [1.165, 1.54) is 12.1 Å². The molecule has 0 amide bonds. The Balaban J connectivity index is 2.36. The fourth-order valence-corrected chi connectivity index (χ4v) is 1.63. The summed E-state index contributed by atoms with van der Waals surface area (Å²) in [6, 6.07) is 6.05. The zero-order chi connectivity index (χ0) is 12.3. The second-order valence-corrected chi connectivity index (χ2v) is 3.62. The summed E-state index contributed by atoms with van der Waals surface area (Å²) in [5.74, 6) is 0.667. The largest absolute Gasteiger partial charge is 0.384 e. The first-order valence-corrected chi connectivity index (χ1v) is 5.21. The molecule has 90 valence electrons. The number of methoxy groups -OCH3 is 1. The van der Waals surface area contributed by atoms with Gasteiger partial charge in [-0.15, -0.1) is 0 Å². The lowest BCUT2D eigenvalue weighted by Gasteiger charge is -2.02. The molecule has 0 fully saturated rings. The molecule has 0 aliphatic carbocycles. The molecule has 5 heteroatoms. The van der Waals surface area contributed by atoms with E-state index in [-0.39, 0.29) is 5.82 Å². The molecule has 17 heavy (non-hydrogen) atoms. The number of anilines is 1. The van der Waals surface area contributed by atoms with E-state index in [2.05, 4.69) is 5.16 Å². The van der Waals surface area contributed by atoms with Gasteiger partial charge in [-0.05, 0) is 17.7 Å². The Bertz CT molecular complexity index is 494. The number of hydrogen-bond donors (Lipinski definition) is 1. The molecule has 1 aromatic heterocycles. The van der Waals surface area contributed by atoms with Gasteiger partial charge < -0.3 is 15.0 Å². The summed E-state index contributed by atoms with van der Waals surface area (Å²) in [6.45, 7) is 0.517. The number of benzene rings is 1. The third-order valence-corrected chi connectivity index (χ3v) is 2.46. The van der Waals surface area contributed by atoms with Crippen molar-refractivity contribution in [2.24, 2.45) is 0 Å². The van der Waals surface area contributed by atoms with E-state index >= 15 is 0 Å². The lowest BCUT2D eigenvalue weighted by Crippen LogP contribution is -1.96. The number of hydrogen-bond acceptors (Lipinski definition) is 4.